The van der Waals surface area contributed by atoms with Gasteiger partial charge in [0.15, 0.2) is 0 Å². The maximum absolute atomic E-state index is 4.50. The van der Waals surface area contributed by atoms with Gasteiger partial charge in [-0.15, -0.1) is 0 Å². The Morgan fingerprint density at radius 3 is 2.53 bits per heavy atom. The second-order valence-corrected chi connectivity index (χ2v) is 7.09. The first-order chi connectivity index (χ1) is 8.96. The molecule has 2 rings (SSSR count). The van der Waals surface area contributed by atoms with E-state index < -0.39 is 0 Å². The summed E-state index contributed by atoms with van der Waals surface area (Å²) in [4.78, 5) is 4.50. The average Bonchev–Trinajstić information content (AvgIpc) is 2.73. The van der Waals surface area contributed by atoms with E-state index in [1.54, 1.807) is 0 Å². The molecule has 0 amide bonds. The van der Waals surface area contributed by atoms with Crippen LogP contribution in [-0.4, -0.2) is 21.6 Å². The van der Waals surface area contributed by atoms with Gasteiger partial charge in [-0.1, -0.05) is 12.8 Å². The second kappa shape index (κ2) is 6.08. The van der Waals surface area contributed by atoms with Crippen LogP contribution in [0.4, 0.5) is 0 Å². The maximum Gasteiger partial charge on any atom is 0.108 e. The van der Waals surface area contributed by atoms with Gasteiger partial charge in [0, 0.05) is 31.4 Å². The fourth-order valence-electron chi connectivity index (χ4n) is 3.09. The maximum atomic E-state index is 4.50. The summed E-state index contributed by atoms with van der Waals surface area (Å²) in [6, 6.07) is 0. The molecule has 0 radical (unpaired) electrons. The van der Waals surface area contributed by atoms with Gasteiger partial charge >= 0.3 is 0 Å². The molecule has 1 aliphatic rings. The zero-order chi connectivity index (χ0) is 13.9. The van der Waals surface area contributed by atoms with Gasteiger partial charge in [-0.2, -0.15) is 0 Å². The molecule has 0 bridgehead atoms. The molecule has 2 unspecified atom stereocenters. The Bertz CT molecular complexity index is 389. The molecular formula is C16H29N3. The Labute approximate surface area is 117 Å². The normalized spacial score (nSPS) is 24.6. The Morgan fingerprint density at radius 1 is 1.26 bits per heavy atom. The van der Waals surface area contributed by atoms with Crippen molar-refractivity contribution in [1.82, 2.24) is 14.9 Å². The van der Waals surface area contributed by atoms with Gasteiger partial charge in [-0.25, -0.2) is 4.98 Å². The van der Waals surface area contributed by atoms with Crippen LogP contribution in [0.3, 0.4) is 0 Å². The first kappa shape index (κ1) is 14.6. The molecule has 1 aromatic heterocycles. The molecule has 2 atom stereocenters. The number of hydrogen-bond donors (Lipinski definition) is 1. The van der Waals surface area contributed by atoms with Gasteiger partial charge in [0.05, 0.1) is 0 Å². The van der Waals surface area contributed by atoms with Crippen molar-refractivity contribution in [1.29, 1.82) is 0 Å². The Morgan fingerprint density at radius 2 is 1.95 bits per heavy atom. The number of nitrogens with one attached hydrogen (secondary N) is 1. The average molecular weight is 263 g/mol. The smallest absolute Gasteiger partial charge is 0.108 e. The standard InChI is InChI=1S/C16H29N3/c1-16(2,3)18-12-14-8-6-5-7-13(14)11-15-17-9-10-19(15)4/h9-10,13-14,18H,5-8,11-12H2,1-4H3. The summed E-state index contributed by atoms with van der Waals surface area (Å²) in [5.41, 5.74) is 0.227. The highest BCUT2D eigenvalue weighted by Crippen LogP contribution is 2.32. The summed E-state index contributed by atoms with van der Waals surface area (Å²) in [6.45, 7) is 7.91. The van der Waals surface area contributed by atoms with E-state index in [0.717, 1.165) is 24.8 Å². The summed E-state index contributed by atoms with van der Waals surface area (Å²) >= 11 is 0. The summed E-state index contributed by atoms with van der Waals surface area (Å²) < 4.78 is 2.17. The van der Waals surface area contributed by atoms with Crippen molar-refractivity contribution in [2.45, 2.75) is 58.4 Å². The fraction of sp³-hybridized carbons (Fsp3) is 0.812. The van der Waals surface area contributed by atoms with E-state index in [0.29, 0.717) is 0 Å². The molecule has 3 nitrogen and oxygen atoms in total. The first-order valence-electron chi connectivity index (χ1n) is 7.67. The van der Waals surface area contributed by atoms with Crippen LogP contribution in [-0.2, 0) is 13.5 Å². The number of rotatable bonds is 4. The molecule has 1 saturated carbocycles. The van der Waals surface area contributed by atoms with Gasteiger partial charge in [-0.3, -0.25) is 0 Å². The number of aromatic nitrogens is 2. The SMILES string of the molecule is Cn1ccnc1CC1CCCCC1CNC(C)(C)C. The van der Waals surface area contributed by atoms with Gasteiger partial charge in [0.1, 0.15) is 5.82 Å². The monoisotopic (exact) mass is 263 g/mol. The lowest BCUT2D eigenvalue weighted by Gasteiger charge is -2.34. The lowest BCUT2D eigenvalue weighted by Crippen LogP contribution is -2.41. The molecular weight excluding hydrogens is 234 g/mol. The van der Waals surface area contributed by atoms with Crippen LogP contribution >= 0.6 is 0 Å². The van der Waals surface area contributed by atoms with E-state index in [4.69, 9.17) is 0 Å². The highest BCUT2D eigenvalue weighted by Gasteiger charge is 2.27. The minimum atomic E-state index is 0.227. The lowest BCUT2D eigenvalue weighted by atomic mass is 9.77. The second-order valence-electron chi connectivity index (χ2n) is 7.09. The third-order valence-electron chi connectivity index (χ3n) is 4.33. The van der Waals surface area contributed by atoms with E-state index in [9.17, 15) is 0 Å². The fourth-order valence-corrected chi connectivity index (χ4v) is 3.09. The van der Waals surface area contributed by atoms with E-state index in [1.165, 1.54) is 31.5 Å². The van der Waals surface area contributed by atoms with Crippen molar-refractivity contribution in [3.63, 3.8) is 0 Å². The summed E-state index contributed by atoms with van der Waals surface area (Å²) in [5.74, 6) is 2.85. The molecule has 1 aromatic rings. The minimum Gasteiger partial charge on any atom is -0.338 e. The Balaban J connectivity index is 1.94. The van der Waals surface area contributed by atoms with Crippen LogP contribution in [0.5, 0.6) is 0 Å². The molecule has 0 saturated heterocycles. The van der Waals surface area contributed by atoms with Gasteiger partial charge in [0.2, 0.25) is 0 Å². The largest absolute Gasteiger partial charge is 0.338 e. The lowest BCUT2D eigenvalue weighted by molar-refractivity contribution is 0.210. The summed E-state index contributed by atoms with van der Waals surface area (Å²) in [5, 5.41) is 3.69. The van der Waals surface area contributed by atoms with E-state index in [-0.39, 0.29) is 5.54 Å². The number of imidazole rings is 1. The van der Waals surface area contributed by atoms with E-state index in [1.807, 2.05) is 6.20 Å². The molecule has 0 aromatic carbocycles. The Hall–Kier alpha value is -0.830. The van der Waals surface area contributed by atoms with Gasteiger partial charge < -0.3 is 9.88 Å². The van der Waals surface area contributed by atoms with E-state index in [2.05, 4.69) is 48.9 Å². The van der Waals surface area contributed by atoms with Crippen LogP contribution in [0.1, 0.15) is 52.3 Å². The van der Waals surface area contributed by atoms with Crippen LogP contribution < -0.4 is 5.32 Å². The van der Waals surface area contributed by atoms with Crippen molar-refractivity contribution in [3.8, 4) is 0 Å². The molecule has 1 N–H and O–H groups in total. The van der Waals surface area contributed by atoms with Crippen LogP contribution in [0.2, 0.25) is 0 Å². The van der Waals surface area contributed by atoms with Crippen molar-refractivity contribution >= 4 is 0 Å². The molecule has 1 fully saturated rings. The van der Waals surface area contributed by atoms with Gasteiger partial charge in [-0.05, 0) is 52.0 Å². The predicted octanol–water partition coefficient (Wildman–Crippen LogP) is 3.16. The molecule has 108 valence electrons. The zero-order valence-corrected chi connectivity index (χ0v) is 12.9. The molecule has 19 heavy (non-hydrogen) atoms. The minimum absolute atomic E-state index is 0.227. The number of aryl methyl sites for hydroxylation is 1. The van der Waals surface area contributed by atoms with Crippen LogP contribution in [0.25, 0.3) is 0 Å². The zero-order valence-electron chi connectivity index (χ0n) is 12.9. The highest BCUT2D eigenvalue weighted by molar-refractivity contribution is 4.95. The highest BCUT2D eigenvalue weighted by atomic mass is 15.0. The first-order valence-corrected chi connectivity index (χ1v) is 7.67. The van der Waals surface area contributed by atoms with Crippen molar-refractivity contribution in [2.24, 2.45) is 18.9 Å². The topological polar surface area (TPSA) is 29.9 Å². The number of hydrogen-bond acceptors (Lipinski definition) is 2. The third-order valence-corrected chi connectivity index (χ3v) is 4.33. The summed E-state index contributed by atoms with van der Waals surface area (Å²) in [6.07, 6.45) is 10.6. The van der Waals surface area contributed by atoms with Crippen molar-refractivity contribution in [3.05, 3.63) is 18.2 Å². The van der Waals surface area contributed by atoms with Crippen molar-refractivity contribution < 1.29 is 0 Å². The molecule has 1 aliphatic carbocycles. The van der Waals surface area contributed by atoms with Gasteiger partial charge in [0.25, 0.3) is 0 Å². The predicted molar refractivity (Wildman–Crippen MR) is 80.1 cm³/mol. The quantitative estimate of drug-likeness (QED) is 0.904. The molecule has 0 aliphatic heterocycles. The molecule has 1 heterocycles. The van der Waals surface area contributed by atoms with E-state index >= 15 is 0 Å². The molecule has 3 heteroatoms. The molecule has 0 spiro atoms. The van der Waals surface area contributed by atoms with Crippen molar-refractivity contribution in [2.75, 3.05) is 6.54 Å². The van der Waals surface area contributed by atoms with Crippen LogP contribution in [0, 0.1) is 11.8 Å². The summed E-state index contributed by atoms with van der Waals surface area (Å²) in [7, 11) is 2.10. The third kappa shape index (κ3) is 4.34. The Kier molecular flexibility index (Phi) is 4.67. The number of nitrogens with zero attached hydrogens (tertiary/aromatic N) is 2. The van der Waals surface area contributed by atoms with Crippen LogP contribution in [0.15, 0.2) is 12.4 Å².